The standard InChI is InChI=1S/C13H17ClN4O/c1-4-8-5-9(8)18-11(7(2)14)17-10-12(18)15-6-16-13(10)19-3/h6-9H,4-5H2,1-3H3. The minimum absolute atomic E-state index is 0.156. The minimum atomic E-state index is -0.156. The normalized spacial score (nSPS) is 23.6. The largest absolute Gasteiger partial charge is 0.479 e. The van der Waals surface area contributed by atoms with Gasteiger partial charge in [-0.3, -0.25) is 0 Å². The molecule has 1 saturated carbocycles. The molecule has 3 rings (SSSR count). The molecule has 0 aromatic carbocycles. The molecule has 3 atom stereocenters. The predicted octanol–water partition coefficient (Wildman–Crippen LogP) is 3.11. The predicted molar refractivity (Wildman–Crippen MR) is 73.6 cm³/mol. The van der Waals surface area contributed by atoms with Crippen molar-refractivity contribution in [3.05, 3.63) is 12.2 Å². The number of alkyl halides is 1. The number of rotatable bonds is 4. The second-order valence-electron chi connectivity index (χ2n) is 4.98. The van der Waals surface area contributed by atoms with Crippen LogP contribution in [0.15, 0.2) is 6.33 Å². The number of nitrogens with zero attached hydrogens (tertiary/aromatic N) is 4. The van der Waals surface area contributed by atoms with E-state index in [0.717, 1.165) is 11.5 Å². The molecular formula is C13H17ClN4O. The average molecular weight is 281 g/mol. The van der Waals surface area contributed by atoms with Gasteiger partial charge in [0.1, 0.15) is 12.2 Å². The van der Waals surface area contributed by atoms with E-state index in [4.69, 9.17) is 16.3 Å². The van der Waals surface area contributed by atoms with Crippen molar-refractivity contribution in [2.45, 2.75) is 38.1 Å². The van der Waals surface area contributed by atoms with Crippen molar-refractivity contribution >= 4 is 22.8 Å². The van der Waals surface area contributed by atoms with Crippen LogP contribution in [0.2, 0.25) is 0 Å². The van der Waals surface area contributed by atoms with Gasteiger partial charge in [0.25, 0.3) is 0 Å². The van der Waals surface area contributed by atoms with Gasteiger partial charge < -0.3 is 9.30 Å². The zero-order chi connectivity index (χ0) is 13.6. The van der Waals surface area contributed by atoms with Crippen molar-refractivity contribution in [2.75, 3.05) is 7.11 Å². The van der Waals surface area contributed by atoms with Gasteiger partial charge in [-0.15, -0.1) is 11.6 Å². The van der Waals surface area contributed by atoms with E-state index in [1.54, 1.807) is 7.11 Å². The van der Waals surface area contributed by atoms with Gasteiger partial charge in [-0.25, -0.2) is 9.97 Å². The number of methoxy groups -OCH3 is 1. The number of hydrogen-bond acceptors (Lipinski definition) is 4. The molecule has 102 valence electrons. The Balaban J connectivity index is 2.20. The van der Waals surface area contributed by atoms with Crippen LogP contribution in [0.5, 0.6) is 5.88 Å². The number of ether oxygens (including phenoxy) is 1. The lowest BCUT2D eigenvalue weighted by molar-refractivity contribution is 0.401. The van der Waals surface area contributed by atoms with Crippen LogP contribution in [0.25, 0.3) is 11.2 Å². The van der Waals surface area contributed by atoms with Gasteiger partial charge in [0.05, 0.1) is 12.5 Å². The first kappa shape index (κ1) is 12.7. The van der Waals surface area contributed by atoms with Crippen LogP contribution < -0.4 is 4.74 Å². The van der Waals surface area contributed by atoms with E-state index in [0.29, 0.717) is 23.4 Å². The molecule has 2 aromatic rings. The summed E-state index contributed by atoms with van der Waals surface area (Å²) < 4.78 is 7.43. The van der Waals surface area contributed by atoms with E-state index >= 15 is 0 Å². The smallest absolute Gasteiger partial charge is 0.245 e. The molecule has 1 aliphatic rings. The van der Waals surface area contributed by atoms with E-state index in [9.17, 15) is 0 Å². The van der Waals surface area contributed by atoms with Crippen LogP contribution in [0.3, 0.4) is 0 Å². The molecule has 6 heteroatoms. The fraction of sp³-hybridized carbons (Fsp3) is 0.615. The summed E-state index contributed by atoms with van der Waals surface area (Å²) in [4.78, 5) is 13.1. The summed E-state index contributed by atoms with van der Waals surface area (Å²) in [5.41, 5.74) is 1.53. The lowest BCUT2D eigenvalue weighted by atomic mass is 10.3. The van der Waals surface area contributed by atoms with Crippen LogP contribution in [-0.2, 0) is 0 Å². The summed E-state index contributed by atoms with van der Waals surface area (Å²) in [6.07, 6.45) is 3.86. The molecule has 2 aromatic heterocycles. The molecule has 3 unspecified atom stereocenters. The highest BCUT2D eigenvalue weighted by Gasteiger charge is 2.40. The quantitative estimate of drug-likeness (QED) is 0.808. The highest BCUT2D eigenvalue weighted by Crippen LogP contribution is 2.48. The van der Waals surface area contributed by atoms with Gasteiger partial charge in [-0.1, -0.05) is 13.3 Å². The third-order valence-electron chi connectivity index (χ3n) is 3.76. The van der Waals surface area contributed by atoms with Crippen molar-refractivity contribution in [2.24, 2.45) is 5.92 Å². The Morgan fingerprint density at radius 2 is 2.32 bits per heavy atom. The monoisotopic (exact) mass is 280 g/mol. The molecule has 2 heterocycles. The van der Waals surface area contributed by atoms with E-state index < -0.39 is 0 Å². The number of imidazole rings is 1. The van der Waals surface area contributed by atoms with E-state index in [1.165, 1.54) is 19.2 Å². The maximum atomic E-state index is 6.27. The first-order chi connectivity index (χ1) is 9.17. The molecule has 0 amide bonds. The zero-order valence-electron chi connectivity index (χ0n) is 11.3. The first-order valence-electron chi connectivity index (χ1n) is 6.58. The highest BCUT2D eigenvalue weighted by atomic mass is 35.5. The third kappa shape index (κ3) is 1.96. The fourth-order valence-corrected chi connectivity index (χ4v) is 2.80. The van der Waals surface area contributed by atoms with Crippen molar-refractivity contribution < 1.29 is 4.74 Å². The lowest BCUT2D eigenvalue weighted by Gasteiger charge is -2.09. The molecule has 1 aliphatic carbocycles. The Hall–Kier alpha value is -1.36. The summed E-state index contributed by atoms with van der Waals surface area (Å²) in [6, 6.07) is 0.464. The summed E-state index contributed by atoms with van der Waals surface area (Å²) in [7, 11) is 1.59. The van der Waals surface area contributed by atoms with Gasteiger partial charge in [-0.05, 0) is 19.3 Å². The molecule has 1 fully saturated rings. The van der Waals surface area contributed by atoms with E-state index in [1.807, 2.05) is 6.92 Å². The number of aromatic nitrogens is 4. The highest BCUT2D eigenvalue weighted by molar-refractivity contribution is 6.20. The Morgan fingerprint density at radius 1 is 1.53 bits per heavy atom. The van der Waals surface area contributed by atoms with Crippen LogP contribution in [0.4, 0.5) is 0 Å². The maximum absolute atomic E-state index is 6.27. The van der Waals surface area contributed by atoms with Crippen molar-refractivity contribution in [1.82, 2.24) is 19.5 Å². The Morgan fingerprint density at radius 3 is 2.89 bits per heavy atom. The van der Waals surface area contributed by atoms with Gasteiger partial charge in [0.15, 0.2) is 11.2 Å². The summed E-state index contributed by atoms with van der Waals surface area (Å²) >= 11 is 6.27. The van der Waals surface area contributed by atoms with Crippen LogP contribution >= 0.6 is 11.6 Å². The van der Waals surface area contributed by atoms with Gasteiger partial charge in [0, 0.05) is 6.04 Å². The summed E-state index contributed by atoms with van der Waals surface area (Å²) in [5.74, 6) is 2.07. The number of hydrogen-bond donors (Lipinski definition) is 0. The SMILES string of the molecule is CCC1CC1n1c(C(C)Cl)nc2c(OC)ncnc21. The van der Waals surface area contributed by atoms with Crippen molar-refractivity contribution in [3.63, 3.8) is 0 Å². The molecule has 0 spiro atoms. The van der Waals surface area contributed by atoms with Crippen molar-refractivity contribution in [1.29, 1.82) is 0 Å². The molecule has 0 radical (unpaired) electrons. The second kappa shape index (κ2) is 4.63. The molecule has 0 bridgehead atoms. The summed E-state index contributed by atoms with van der Waals surface area (Å²) in [6.45, 7) is 4.14. The maximum Gasteiger partial charge on any atom is 0.245 e. The molecule has 5 nitrogen and oxygen atoms in total. The number of halogens is 1. The van der Waals surface area contributed by atoms with Crippen LogP contribution in [-0.4, -0.2) is 26.6 Å². The second-order valence-corrected chi connectivity index (χ2v) is 5.64. The summed E-state index contributed by atoms with van der Waals surface area (Å²) in [5, 5.41) is -0.156. The molecule has 0 aliphatic heterocycles. The van der Waals surface area contributed by atoms with Gasteiger partial charge >= 0.3 is 0 Å². The van der Waals surface area contributed by atoms with Crippen LogP contribution in [0.1, 0.15) is 43.9 Å². The topological polar surface area (TPSA) is 52.8 Å². The molecule has 0 saturated heterocycles. The van der Waals surface area contributed by atoms with Gasteiger partial charge in [0.2, 0.25) is 5.88 Å². The molecule has 19 heavy (non-hydrogen) atoms. The van der Waals surface area contributed by atoms with Crippen molar-refractivity contribution in [3.8, 4) is 5.88 Å². The van der Waals surface area contributed by atoms with E-state index in [-0.39, 0.29) is 5.38 Å². The Kier molecular flexibility index (Phi) is 3.09. The van der Waals surface area contributed by atoms with E-state index in [2.05, 4.69) is 26.4 Å². The van der Waals surface area contributed by atoms with Crippen LogP contribution in [0, 0.1) is 5.92 Å². The lowest BCUT2D eigenvalue weighted by Crippen LogP contribution is -2.04. The third-order valence-corrected chi connectivity index (χ3v) is 3.96. The van der Waals surface area contributed by atoms with Gasteiger partial charge in [-0.2, -0.15) is 4.98 Å². The minimum Gasteiger partial charge on any atom is -0.479 e. The Labute approximate surface area is 117 Å². The molecule has 0 N–H and O–H groups in total. The number of fused-ring (bicyclic) bond motifs is 1. The fourth-order valence-electron chi connectivity index (χ4n) is 2.65. The first-order valence-corrected chi connectivity index (χ1v) is 7.01. The zero-order valence-corrected chi connectivity index (χ0v) is 12.1. The Bertz CT molecular complexity index is 610. The average Bonchev–Trinajstić information content (AvgIpc) is 3.08. The molecular weight excluding hydrogens is 264 g/mol.